The van der Waals surface area contributed by atoms with E-state index in [0.29, 0.717) is 16.1 Å². The molecule has 1 fully saturated rings. The molecular formula is C19H19ClFN3O6. The second-order valence-electron chi connectivity index (χ2n) is 7.09. The van der Waals surface area contributed by atoms with Crippen LogP contribution in [0, 0.1) is 5.82 Å². The van der Waals surface area contributed by atoms with Crippen molar-refractivity contribution in [3.63, 3.8) is 0 Å². The topological polar surface area (TPSA) is 129 Å². The van der Waals surface area contributed by atoms with E-state index in [0.717, 1.165) is 9.08 Å². The molecule has 11 heteroatoms. The summed E-state index contributed by atoms with van der Waals surface area (Å²) in [4.78, 5) is 12.5. The fourth-order valence-corrected chi connectivity index (χ4v) is 3.72. The lowest BCUT2D eigenvalue weighted by Gasteiger charge is -2.40. The van der Waals surface area contributed by atoms with Gasteiger partial charge in [0.15, 0.2) is 11.5 Å². The molecule has 1 saturated heterocycles. The molecule has 4 rings (SSSR count). The van der Waals surface area contributed by atoms with E-state index in [-0.39, 0.29) is 12.2 Å². The average molecular weight is 440 g/mol. The van der Waals surface area contributed by atoms with Crippen molar-refractivity contribution in [3.05, 3.63) is 69.0 Å². The summed E-state index contributed by atoms with van der Waals surface area (Å²) in [6, 6.07) is 7.23. The molecule has 4 N–H and O–H groups in total. The molecule has 3 aromatic rings. The number of pyridine rings is 1. The van der Waals surface area contributed by atoms with Gasteiger partial charge in [-0.25, -0.2) is 18.3 Å². The van der Waals surface area contributed by atoms with E-state index in [1.54, 1.807) is 12.1 Å². The highest BCUT2D eigenvalue weighted by Crippen LogP contribution is 2.34. The van der Waals surface area contributed by atoms with Crippen molar-refractivity contribution >= 4 is 17.2 Å². The van der Waals surface area contributed by atoms with Crippen molar-refractivity contribution in [1.29, 1.82) is 0 Å². The smallest absolute Gasteiger partial charge is 0.350 e. The number of hydrogen-bond acceptors (Lipinski definition) is 7. The maximum atomic E-state index is 13.9. The minimum Gasteiger partial charge on any atom is -0.394 e. The maximum Gasteiger partial charge on any atom is 0.350 e. The first-order chi connectivity index (χ1) is 14.3. The van der Waals surface area contributed by atoms with Crippen LogP contribution in [0.3, 0.4) is 0 Å². The molecule has 0 amide bonds. The quantitative estimate of drug-likeness (QED) is 0.445. The minimum atomic E-state index is -1.52. The Morgan fingerprint density at radius 1 is 1.17 bits per heavy atom. The van der Waals surface area contributed by atoms with Crippen LogP contribution in [0.4, 0.5) is 4.39 Å². The molecule has 0 bridgehead atoms. The van der Waals surface area contributed by atoms with Crippen LogP contribution in [0.1, 0.15) is 17.2 Å². The molecule has 3 heterocycles. The van der Waals surface area contributed by atoms with Gasteiger partial charge in [-0.15, -0.1) is 5.10 Å². The number of aliphatic hydroxyl groups is 4. The fraction of sp³-hybridized carbons (Fsp3) is 0.368. The second kappa shape index (κ2) is 8.06. The van der Waals surface area contributed by atoms with Crippen molar-refractivity contribution in [2.75, 3.05) is 6.61 Å². The van der Waals surface area contributed by atoms with Gasteiger partial charge in [-0.3, -0.25) is 0 Å². The monoisotopic (exact) mass is 439 g/mol. The summed E-state index contributed by atoms with van der Waals surface area (Å²) in [7, 11) is 0. The number of aliphatic hydroxyl groups excluding tert-OH is 4. The maximum absolute atomic E-state index is 13.9. The predicted molar refractivity (Wildman–Crippen MR) is 103 cm³/mol. The molecule has 160 valence electrons. The number of rotatable bonds is 4. The SMILES string of the molecule is O=c1n(Cc2cc([C@@H]3O[C@H](CO)[C@@H](O)[C@H](O)[C@H]3O)ccc2Cl)nc2c(F)cccn12. The van der Waals surface area contributed by atoms with Crippen LogP contribution in [0.5, 0.6) is 0 Å². The molecule has 1 aliphatic heterocycles. The Kier molecular flexibility index (Phi) is 5.62. The molecule has 0 unspecified atom stereocenters. The van der Waals surface area contributed by atoms with Gasteiger partial charge in [0.05, 0.1) is 13.2 Å². The number of fused-ring (bicyclic) bond motifs is 1. The van der Waals surface area contributed by atoms with Gasteiger partial charge in [-0.2, -0.15) is 0 Å². The van der Waals surface area contributed by atoms with Crippen LogP contribution >= 0.6 is 11.6 Å². The molecule has 9 nitrogen and oxygen atoms in total. The zero-order valence-electron chi connectivity index (χ0n) is 15.5. The number of hydrogen-bond donors (Lipinski definition) is 4. The third kappa shape index (κ3) is 3.51. The third-order valence-electron chi connectivity index (χ3n) is 5.17. The zero-order chi connectivity index (χ0) is 21.6. The van der Waals surface area contributed by atoms with Gasteiger partial charge in [0.2, 0.25) is 0 Å². The highest BCUT2D eigenvalue weighted by molar-refractivity contribution is 6.31. The van der Waals surface area contributed by atoms with Crippen molar-refractivity contribution in [3.8, 4) is 0 Å². The van der Waals surface area contributed by atoms with Crippen LogP contribution in [-0.4, -0.2) is 65.6 Å². The van der Waals surface area contributed by atoms with Gasteiger partial charge in [0.1, 0.15) is 30.5 Å². The van der Waals surface area contributed by atoms with Crippen LogP contribution in [0.15, 0.2) is 41.3 Å². The van der Waals surface area contributed by atoms with E-state index in [2.05, 4.69) is 5.10 Å². The molecule has 1 aromatic carbocycles. The first kappa shape index (κ1) is 20.9. The second-order valence-corrected chi connectivity index (χ2v) is 7.50. The summed E-state index contributed by atoms with van der Waals surface area (Å²) in [5.74, 6) is -0.644. The van der Waals surface area contributed by atoms with E-state index < -0.39 is 48.6 Å². The molecular weight excluding hydrogens is 421 g/mol. The van der Waals surface area contributed by atoms with Gasteiger partial charge in [0.25, 0.3) is 0 Å². The van der Waals surface area contributed by atoms with Gasteiger partial charge in [-0.05, 0) is 35.4 Å². The molecule has 5 atom stereocenters. The molecule has 0 aliphatic carbocycles. The largest absolute Gasteiger partial charge is 0.394 e. The van der Waals surface area contributed by atoms with E-state index in [4.69, 9.17) is 16.3 Å². The van der Waals surface area contributed by atoms with Crippen molar-refractivity contribution in [2.24, 2.45) is 0 Å². The standard InChI is InChI=1S/C19H19ClFN3O6/c20-11-4-3-9(17-16(28)15(27)14(26)13(8-25)30-17)6-10(11)7-24-19(29)23-5-1-2-12(21)18(23)22-24/h1-6,13-17,25-28H,7-8H2/t13-,14-,15+,16-,17+/m1/s1. The molecule has 0 saturated carbocycles. The zero-order valence-corrected chi connectivity index (χ0v) is 16.2. The average Bonchev–Trinajstić information content (AvgIpc) is 3.05. The molecule has 0 radical (unpaired) electrons. The predicted octanol–water partition coefficient (Wildman–Crippen LogP) is -0.148. The first-order valence-corrected chi connectivity index (χ1v) is 9.52. The number of benzene rings is 1. The Bertz CT molecular complexity index is 1130. The number of halogens is 2. The molecule has 1 aliphatic rings. The summed E-state index contributed by atoms with van der Waals surface area (Å²) in [5, 5.41) is 44.0. The molecule has 2 aromatic heterocycles. The van der Waals surface area contributed by atoms with E-state index >= 15 is 0 Å². The highest BCUT2D eigenvalue weighted by atomic mass is 35.5. The number of nitrogens with zero attached hydrogens (tertiary/aromatic N) is 3. The Labute approximate surface area is 174 Å². The lowest BCUT2D eigenvalue weighted by Crippen LogP contribution is -2.55. The van der Waals surface area contributed by atoms with Gasteiger partial charge in [0, 0.05) is 11.2 Å². The van der Waals surface area contributed by atoms with Crippen LogP contribution in [0.25, 0.3) is 5.65 Å². The summed E-state index contributed by atoms with van der Waals surface area (Å²) < 4.78 is 21.6. The van der Waals surface area contributed by atoms with E-state index in [9.17, 15) is 29.6 Å². The number of aromatic nitrogens is 3. The lowest BCUT2D eigenvalue weighted by molar-refractivity contribution is -0.231. The van der Waals surface area contributed by atoms with Crippen molar-refractivity contribution in [1.82, 2.24) is 14.2 Å². The van der Waals surface area contributed by atoms with Gasteiger partial charge in [-0.1, -0.05) is 17.7 Å². The van der Waals surface area contributed by atoms with Gasteiger partial charge >= 0.3 is 5.69 Å². The normalized spacial score (nSPS) is 26.9. The summed E-state index contributed by atoms with van der Waals surface area (Å²) in [5.41, 5.74) is 0.175. The third-order valence-corrected chi connectivity index (χ3v) is 5.54. The summed E-state index contributed by atoms with van der Waals surface area (Å²) >= 11 is 6.25. The Morgan fingerprint density at radius 3 is 2.63 bits per heavy atom. The summed E-state index contributed by atoms with van der Waals surface area (Å²) in [6.45, 7) is -0.631. The lowest BCUT2D eigenvalue weighted by atomic mass is 9.90. The Balaban J connectivity index is 1.68. The first-order valence-electron chi connectivity index (χ1n) is 9.14. The van der Waals surface area contributed by atoms with Crippen LogP contribution in [-0.2, 0) is 11.3 Å². The van der Waals surface area contributed by atoms with Crippen molar-refractivity contribution < 1.29 is 29.6 Å². The van der Waals surface area contributed by atoms with E-state index in [1.165, 1.54) is 24.4 Å². The highest BCUT2D eigenvalue weighted by Gasteiger charge is 2.44. The Hall–Kier alpha value is -2.34. The summed E-state index contributed by atoms with van der Waals surface area (Å²) in [6.07, 6.45) is -5.16. The Morgan fingerprint density at radius 2 is 1.93 bits per heavy atom. The minimum absolute atomic E-state index is 0.0793. The van der Waals surface area contributed by atoms with Crippen LogP contribution < -0.4 is 5.69 Å². The van der Waals surface area contributed by atoms with Crippen LogP contribution in [0.2, 0.25) is 5.02 Å². The fourth-order valence-electron chi connectivity index (χ4n) is 3.54. The molecule has 0 spiro atoms. The van der Waals surface area contributed by atoms with Gasteiger partial charge < -0.3 is 25.2 Å². The van der Waals surface area contributed by atoms with Crippen molar-refractivity contribution in [2.45, 2.75) is 37.1 Å². The number of ether oxygens (including phenoxy) is 1. The van der Waals surface area contributed by atoms with E-state index in [1.807, 2.05) is 0 Å². The molecule has 30 heavy (non-hydrogen) atoms.